The molecule has 2 fully saturated rings. The van der Waals surface area contributed by atoms with Gasteiger partial charge in [-0.3, -0.25) is 0 Å². The molecular formula is C36H38O12. The lowest BCUT2D eigenvalue weighted by Crippen LogP contribution is -2.45. The molecule has 48 heavy (non-hydrogen) atoms. The quantitative estimate of drug-likeness (QED) is 0.197. The summed E-state index contributed by atoms with van der Waals surface area (Å²) in [6.07, 6.45) is -2.81. The highest BCUT2D eigenvalue weighted by Gasteiger charge is 2.54. The van der Waals surface area contributed by atoms with E-state index >= 15 is 0 Å². The number of aromatic carboxylic acids is 2. The number of hydrogen-bond acceptors (Lipinski definition) is 10. The molecule has 4 aromatic carbocycles. The van der Waals surface area contributed by atoms with E-state index in [2.05, 4.69) is 0 Å². The van der Waals surface area contributed by atoms with Gasteiger partial charge in [0.2, 0.25) is 0 Å². The summed E-state index contributed by atoms with van der Waals surface area (Å²) in [5.41, 5.74) is -0.0252. The van der Waals surface area contributed by atoms with Gasteiger partial charge < -0.3 is 48.1 Å². The number of hydrogen-bond donors (Lipinski definition) is 2. The molecule has 12 nitrogen and oxygen atoms in total. The lowest BCUT2D eigenvalue weighted by molar-refractivity contribution is -0.175. The molecule has 2 aliphatic heterocycles. The number of ether oxygens (including phenoxy) is 8. The number of benzene rings is 4. The summed E-state index contributed by atoms with van der Waals surface area (Å²) in [4.78, 5) is 24.4. The molecule has 2 heterocycles. The highest BCUT2D eigenvalue weighted by atomic mass is 16.8. The zero-order chi connectivity index (χ0) is 34.4. The zero-order valence-electron chi connectivity index (χ0n) is 27.5. The van der Waals surface area contributed by atoms with Crippen LogP contribution in [0, 0.1) is 0 Å². The van der Waals surface area contributed by atoms with Crippen LogP contribution in [0.4, 0.5) is 0 Å². The average Bonchev–Trinajstić information content (AvgIpc) is 3.53. The Balaban J connectivity index is 1.24. The molecular weight excluding hydrogens is 624 g/mol. The van der Waals surface area contributed by atoms with Crippen molar-refractivity contribution in [2.75, 3.05) is 27.4 Å². The van der Waals surface area contributed by atoms with E-state index in [-0.39, 0.29) is 35.8 Å². The van der Waals surface area contributed by atoms with Crippen molar-refractivity contribution in [3.63, 3.8) is 0 Å². The second kappa shape index (κ2) is 12.8. The van der Waals surface area contributed by atoms with Gasteiger partial charge in [-0.2, -0.15) is 0 Å². The minimum Gasteiger partial charge on any atom is -0.497 e. The Morgan fingerprint density at radius 1 is 0.604 bits per heavy atom. The molecule has 12 heteroatoms. The smallest absolute Gasteiger partial charge is 0.339 e. The fourth-order valence-electron chi connectivity index (χ4n) is 6.22. The fraction of sp³-hybridized carbons (Fsp3) is 0.389. The third kappa shape index (κ3) is 6.83. The number of carbonyl (C=O) groups is 2. The summed E-state index contributed by atoms with van der Waals surface area (Å²) < 4.78 is 47.9. The molecule has 0 aromatic heterocycles. The van der Waals surface area contributed by atoms with Gasteiger partial charge in [0.1, 0.15) is 71.8 Å². The van der Waals surface area contributed by atoms with Gasteiger partial charge in [0.25, 0.3) is 0 Å². The first-order chi connectivity index (χ1) is 22.8. The van der Waals surface area contributed by atoms with E-state index in [9.17, 15) is 19.8 Å². The van der Waals surface area contributed by atoms with Crippen molar-refractivity contribution in [2.45, 2.75) is 63.7 Å². The molecule has 0 amide bonds. The molecule has 2 aliphatic rings. The van der Waals surface area contributed by atoms with Gasteiger partial charge in [-0.25, -0.2) is 9.59 Å². The Hall–Kier alpha value is -4.62. The second-order valence-corrected chi connectivity index (χ2v) is 12.6. The molecule has 0 spiro atoms. The Morgan fingerprint density at radius 2 is 1.00 bits per heavy atom. The number of carboxylic acids is 2. The van der Waals surface area contributed by atoms with Crippen LogP contribution in [0.1, 0.15) is 48.4 Å². The second-order valence-electron chi connectivity index (χ2n) is 12.6. The predicted molar refractivity (Wildman–Crippen MR) is 174 cm³/mol. The molecule has 0 aliphatic carbocycles. The van der Waals surface area contributed by atoms with E-state index in [0.29, 0.717) is 22.3 Å². The van der Waals surface area contributed by atoms with Gasteiger partial charge in [-0.1, -0.05) is 12.1 Å². The summed E-state index contributed by atoms with van der Waals surface area (Å²) in [6.45, 7) is 6.95. The van der Waals surface area contributed by atoms with Crippen LogP contribution >= 0.6 is 0 Å². The molecule has 2 saturated heterocycles. The molecule has 4 aromatic rings. The van der Waals surface area contributed by atoms with Gasteiger partial charge in [0.15, 0.2) is 11.6 Å². The maximum Gasteiger partial charge on any atom is 0.339 e. The van der Waals surface area contributed by atoms with Crippen molar-refractivity contribution < 1.29 is 57.7 Å². The van der Waals surface area contributed by atoms with Crippen LogP contribution in [0.15, 0.2) is 60.7 Å². The van der Waals surface area contributed by atoms with Gasteiger partial charge >= 0.3 is 11.9 Å². The summed E-state index contributed by atoms with van der Waals surface area (Å²) in [5, 5.41) is 22.9. The monoisotopic (exact) mass is 662 g/mol. The van der Waals surface area contributed by atoms with Crippen LogP contribution in [0.25, 0.3) is 21.5 Å². The van der Waals surface area contributed by atoms with Gasteiger partial charge in [-0.15, -0.1) is 0 Å². The first-order valence-corrected chi connectivity index (χ1v) is 15.4. The maximum atomic E-state index is 12.2. The molecule has 254 valence electrons. The Bertz CT molecular complexity index is 1730. The van der Waals surface area contributed by atoms with E-state index < -0.39 is 47.9 Å². The highest BCUT2D eigenvalue weighted by molar-refractivity contribution is 5.99. The van der Waals surface area contributed by atoms with Crippen LogP contribution in [0.2, 0.25) is 0 Å². The van der Waals surface area contributed by atoms with E-state index in [0.717, 1.165) is 10.8 Å². The Labute approximate surface area is 276 Å². The third-order valence-corrected chi connectivity index (χ3v) is 8.33. The maximum absolute atomic E-state index is 12.2. The van der Waals surface area contributed by atoms with E-state index in [1.54, 1.807) is 90.4 Å². The number of rotatable bonds is 11. The molecule has 0 radical (unpaired) electrons. The first kappa shape index (κ1) is 33.3. The van der Waals surface area contributed by atoms with Crippen molar-refractivity contribution in [3.05, 3.63) is 71.8 Å². The fourth-order valence-corrected chi connectivity index (χ4v) is 6.22. The summed E-state index contributed by atoms with van der Waals surface area (Å²) in [7, 11) is 3.09. The molecule has 4 atom stereocenters. The highest BCUT2D eigenvalue weighted by Crippen LogP contribution is 2.40. The van der Waals surface area contributed by atoms with Crippen molar-refractivity contribution in [1.82, 2.24) is 0 Å². The number of fused-ring (bicyclic) bond motifs is 2. The van der Waals surface area contributed by atoms with Crippen LogP contribution in [0.5, 0.6) is 23.0 Å². The van der Waals surface area contributed by atoms with Crippen molar-refractivity contribution in [3.8, 4) is 23.0 Å². The third-order valence-electron chi connectivity index (χ3n) is 8.33. The normalized spacial score (nSPS) is 22.9. The van der Waals surface area contributed by atoms with Crippen molar-refractivity contribution in [1.29, 1.82) is 0 Å². The van der Waals surface area contributed by atoms with Gasteiger partial charge in [-0.05, 0) is 97.8 Å². The average molecular weight is 663 g/mol. The van der Waals surface area contributed by atoms with Crippen LogP contribution in [-0.4, -0.2) is 85.6 Å². The summed E-state index contributed by atoms with van der Waals surface area (Å²) in [5.74, 6) is -2.77. The van der Waals surface area contributed by atoms with Crippen LogP contribution < -0.4 is 18.9 Å². The van der Waals surface area contributed by atoms with E-state index in [4.69, 9.17) is 37.9 Å². The van der Waals surface area contributed by atoms with E-state index in [1.807, 2.05) is 12.1 Å². The summed E-state index contributed by atoms with van der Waals surface area (Å²) in [6, 6.07) is 17.2. The topological polar surface area (TPSA) is 148 Å². The van der Waals surface area contributed by atoms with E-state index in [1.165, 1.54) is 0 Å². The van der Waals surface area contributed by atoms with Crippen LogP contribution in [-0.2, 0) is 18.9 Å². The molecule has 6 rings (SSSR count). The number of methoxy groups -OCH3 is 2. The molecule has 0 bridgehead atoms. The Morgan fingerprint density at radius 3 is 1.35 bits per heavy atom. The molecule has 0 saturated carbocycles. The standard InChI is InChI=1S/C36H38O12/c1-35(2)45-29(17-43-27-15-19-7-9-23(41-5)11-21(19)13-25(27)33(37)38)31(47-35)32-30(46-36(3,4)48-32)18-44-28-16-20-8-10-24(42-6)12-22(20)14-26(28)34(39)40/h7-16,29-32H,17-18H2,1-6H3,(H,37,38)(H,39,40)/t29-,30+,31+,32-. The van der Waals surface area contributed by atoms with Crippen LogP contribution in [0.3, 0.4) is 0 Å². The lowest BCUT2D eigenvalue weighted by atomic mass is 10.0. The van der Waals surface area contributed by atoms with Crippen molar-refractivity contribution >= 4 is 33.5 Å². The van der Waals surface area contributed by atoms with Gasteiger partial charge in [0, 0.05) is 0 Å². The number of carboxylic acid groups (broad SMARTS) is 2. The lowest BCUT2D eigenvalue weighted by Gasteiger charge is -2.26. The minimum absolute atomic E-state index is 0.0126. The molecule has 0 unspecified atom stereocenters. The zero-order valence-corrected chi connectivity index (χ0v) is 27.5. The first-order valence-electron chi connectivity index (χ1n) is 15.4. The van der Waals surface area contributed by atoms with Gasteiger partial charge in [0.05, 0.1) is 14.2 Å². The predicted octanol–water partition coefficient (Wildman–Crippen LogP) is 5.90. The Kier molecular flexibility index (Phi) is 8.86. The largest absolute Gasteiger partial charge is 0.497 e. The van der Waals surface area contributed by atoms with Crippen molar-refractivity contribution in [2.24, 2.45) is 0 Å². The minimum atomic E-state index is -1.14. The SMILES string of the molecule is COc1ccc2cc(OC[C@@H]3OC(C)(C)O[C@H]3[C@H]3OC(C)(C)O[C@@H]3COc3cc4ccc(OC)cc4cc3C(=O)O)c(C(=O)O)cc2c1. The molecule has 2 N–H and O–H groups in total. The summed E-state index contributed by atoms with van der Waals surface area (Å²) >= 11 is 0.